The summed E-state index contributed by atoms with van der Waals surface area (Å²) in [6.07, 6.45) is 3.10. The van der Waals surface area contributed by atoms with E-state index in [9.17, 15) is 22.4 Å². The van der Waals surface area contributed by atoms with E-state index in [2.05, 4.69) is 25.0 Å². The maximum Gasteiger partial charge on any atom is 0.574 e. The predicted molar refractivity (Wildman–Crippen MR) is 134 cm³/mol. The third-order valence-electron chi connectivity index (χ3n) is 7.15. The molecule has 0 atom stereocenters. The van der Waals surface area contributed by atoms with Crippen molar-refractivity contribution in [2.75, 3.05) is 6.54 Å². The number of hydrogen-bond acceptors (Lipinski definition) is 4. The summed E-state index contributed by atoms with van der Waals surface area (Å²) in [7, 11) is 0. The molecule has 1 amide bonds. The van der Waals surface area contributed by atoms with E-state index in [1.54, 1.807) is 19.2 Å². The number of aromatic nitrogens is 3. The van der Waals surface area contributed by atoms with Gasteiger partial charge in [0.05, 0.1) is 11.1 Å². The van der Waals surface area contributed by atoms with Gasteiger partial charge in [0.25, 0.3) is 5.91 Å². The number of pyridine rings is 2. The van der Waals surface area contributed by atoms with Crippen LogP contribution in [0.25, 0.3) is 22.0 Å². The molecule has 3 aromatic heterocycles. The zero-order valence-electron chi connectivity index (χ0n) is 20.6. The molecule has 0 saturated heterocycles. The van der Waals surface area contributed by atoms with Crippen LogP contribution in [-0.4, -0.2) is 33.8 Å². The molecule has 1 aliphatic rings. The fourth-order valence-corrected chi connectivity index (χ4v) is 5.33. The first-order chi connectivity index (χ1) is 18.2. The number of benzene rings is 1. The van der Waals surface area contributed by atoms with Crippen LogP contribution in [-0.2, 0) is 0 Å². The summed E-state index contributed by atoms with van der Waals surface area (Å²) < 4.78 is 56.7. The molecular formula is C28H26F4N4O2. The van der Waals surface area contributed by atoms with Crippen LogP contribution in [0.15, 0.2) is 55.0 Å². The first kappa shape index (κ1) is 25.7. The third-order valence-corrected chi connectivity index (χ3v) is 7.15. The van der Waals surface area contributed by atoms with E-state index in [0.29, 0.717) is 17.8 Å². The van der Waals surface area contributed by atoms with Gasteiger partial charge in [0, 0.05) is 47.3 Å². The number of H-pyrrole nitrogens is 1. The van der Waals surface area contributed by atoms with Crippen LogP contribution in [0.3, 0.4) is 0 Å². The molecular weight excluding hydrogens is 500 g/mol. The molecule has 4 aromatic rings. The van der Waals surface area contributed by atoms with Gasteiger partial charge in [-0.3, -0.25) is 9.78 Å². The van der Waals surface area contributed by atoms with E-state index >= 15 is 0 Å². The molecule has 1 saturated carbocycles. The molecule has 0 radical (unpaired) electrons. The normalized spacial score (nSPS) is 17.9. The number of alkyl halides is 3. The maximum atomic E-state index is 13.9. The van der Waals surface area contributed by atoms with E-state index in [4.69, 9.17) is 0 Å². The van der Waals surface area contributed by atoms with Gasteiger partial charge >= 0.3 is 6.36 Å². The Morgan fingerprint density at radius 3 is 2.66 bits per heavy atom. The van der Waals surface area contributed by atoms with E-state index in [1.165, 1.54) is 36.7 Å². The highest BCUT2D eigenvalue weighted by molar-refractivity contribution is 6.02. The number of carbonyl (C=O) groups excluding carboxylic acids is 1. The van der Waals surface area contributed by atoms with E-state index < -0.39 is 12.2 Å². The second-order valence-corrected chi connectivity index (χ2v) is 9.60. The van der Waals surface area contributed by atoms with Gasteiger partial charge in [-0.1, -0.05) is 0 Å². The molecule has 0 aliphatic heterocycles. The van der Waals surface area contributed by atoms with Crippen molar-refractivity contribution in [3.05, 3.63) is 77.6 Å². The molecule has 1 aliphatic carbocycles. The minimum atomic E-state index is -4.91. The summed E-state index contributed by atoms with van der Waals surface area (Å²) in [6, 6.07) is 9.53. The fraction of sp³-hybridized carbons (Fsp3) is 0.321. The van der Waals surface area contributed by atoms with Gasteiger partial charge in [-0.15, -0.1) is 13.2 Å². The molecule has 38 heavy (non-hydrogen) atoms. The minimum Gasteiger partial charge on any atom is -0.387 e. The second kappa shape index (κ2) is 10.4. The van der Waals surface area contributed by atoms with Crippen molar-refractivity contribution in [2.24, 2.45) is 5.92 Å². The number of carbonyl (C=O) groups is 1. The summed E-state index contributed by atoms with van der Waals surface area (Å²) in [5.41, 5.74) is 3.01. The van der Waals surface area contributed by atoms with Crippen molar-refractivity contribution < 1.29 is 27.1 Å². The lowest BCUT2D eigenvalue weighted by Crippen LogP contribution is -2.31. The Bertz CT molecular complexity index is 1460. The Labute approximate surface area is 216 Å². The number of aromatic amines is 1. The molecule has 1 aromatic carbocycles. The zero-order valence-corrected chi connectivity index (χ0v) is 20.6. The van der Waals surface area contributed by atoms with Gasteiger partial charge in [0.2, 0.25) is 5.88 Å². The first-order valence-electron chi connectivity index (χ1n) is 12.4. The SMILES string of the molecule is Cc1[nH]cc(C(=O)NCC2CCC(c3ccnc4ccc(F)cc34)CC2)c1-c1cccnc1OC(F)(F)F. The first-order valence-corrected chi connectivity index (χ1v) is 12.4. The summed E-state index contributed by atoms with van der Waals surface area (Å²) >= 11 is 0. The van der Waals surface area contributed by atoms with Crippen LogP contribution in [0.1, 0.15) is 53.2 Å². The fourth-order valence-electron chi connectivity index (χ4n) is 5.33. The number of hydrogen-bond donors (Lipinski definition) is 2. The van der Waals surface area contributed by atoms with Crippen molar-refractivity contribution in [1.29, 1.82) is 0 Å². The van der Waals surface area contributed by atoms with Gasteiger partial charge in [-0.2, -0.15) is 0 Å². The number of halogens is 4. The summed E-state index contributed by atoms with van der Waals surface area (Å²) in [5.74, 6) is -0.745. The average Bonchev–Trinajstić information content (AvgIpc) is 3.28. The van der Waals surface area contributed by atoms with Crippen molar-refractivity contribution in [2.45, 2.75) is 44.9 Å². The molecule has 198 valence electrons. The van der Waals surface area contributed by atoms with E-state index in [1.807, 2.05) is 6.07 Å². The number of amides is 1. The topological polar surface area (TPSA) is 79.9 Å². The Hall–Kier alpha value is -3.95. The minimum absolute atomic E-state index is 0.0789. The number of nitrogens with zero attached hydrogens (tertiary/aromatic N) is 2. The van der Waals surface area contributed by atoms with Gasteiger partial charge in [0.1, 0.15) is 5.82 Å². The van der Waals surface area contributed by atoms with E-state index in [0.717, 1.165) is 42.1 Å². The summed E-state index contributed by atoms with van der Waals surface area (Å²) in [6.45, 7) is 2.12. The molecule has 2 N–H and O–H groups in total. The quantitative estimate of drug-likeness (QED) is 0.275. The lowest BCUT2D eigenvalue weighted by Gasteiger charge is -2.29. The van der Waals surface area contributed by atoms with Crippen molar-refractivity contribution in [3.63, 3.8) is 0 Å². The number of aryl methyl sites for hydroxylation is 1. The molecule has 0 spiro atoms. The molecule has 6 nitrogen and oxygen atoms in total. The Balaban J connectivity index is 1.25. The highest BCUT2D eigenvalue weighted by Gasteiger charge is 2.34. The van der Waals surface area contributed by atoms with Crippen LogP contribution in [0.2, 0.25) is 0 Å². The molecule has 0 bridgehead atoms. The van der Waals surface area contributed by atoms with Crippen molar-refractivity contribution >= 4 is 16.8 Å². The Morgan fingerprint density at radius 2 is 1.89 bits per heavy atom. The van der Waals surface area contributed by atoms with Crippen LogP contribution in [0.5, 0.6) is 5.88 Å². The summed E-state index contributed by atoms with van der Waals surface area (Å²) in [5, 5.41) is 3.79. The highest BCUT2D eigenvalue weighted by atomic mass is 19.4. The number of rotatable bonds is 6. The lowest BCUT2D eigenvalue weighted by atomic mass is 9.78. The lowest BCUT2D eigenvalue weighted by molar-refractivity contribution is -0.275. The Morgan fingerprint density at radius 1 is 1.11 bits per heavy atom. The average molecular weight is 527 g/mol. The predicted octanol–water partition coefficient (Wildman–Crippen LogP) is 6.67. The van der Waals surface area contributed by atoms with Crippen molar-refractivity contribution in [1.82, 2.24) is 20.3 Å². The maximum absolute atomic E-state index is 13.9. The third kappa shape index (κ3) is 5.49. The monoisotopic (exact) mass is 526 g/mol. The van der Waals surface area contributed by atoms with E-state index in [-0.39, 0.29) is 34.7 Å². The van der Waals surface area contributed by atoms with Gasteiger partial charge in [-0.05, 0) is 86.4 Å². The zero-order chi connectivity index (χ0) is 26.9. The molecule has 1 fully saturated rings. The molecule has 10 heteroatoms. The van der Waals surface area contributed by atoms with Gasteiger partial charge in [0.15, 0.2) is 0 Å². The largest absolute Gasteiger partial charge is 0.574 e. The molecule has 3 heterocycles. The smallest absolute Gasteiger partial charge is 0.387 e. The second-order valence-electron chi connectivity index (χ2n) is 9.60. The number of ether oxygens (including phenoxy) is 1. The van der Waals surface area contributed by atoms with Crippen LogP contribution < -0.4 is 10.1 Å². The van der Waals surface area contributed by atoms with Crippen molar-refractivity contribution in [3.8, 4) is 17.0 Å². The highest BCUT2D eigenvalue weighted by Crippen LogP contribution is 2.39. The van der Waals surface area contributed by atoms with Gasteiger partial charge < -0.3 is 15.0 Å². The number of fused-ring (bicyclic) bond motifs is 1. The van der Waals surface area contributed by atoms with Crippen LogP contribution in [0, 0.1) is 18.7 Å². The summed E-state index contributed by atoms with van der Waals surface area (Å²) in [4.78, 5) is 24.1. The standard InChI is InChI=1S/C28H26F4N4O2/c1-16-25(21-3-2-11-34-27(21)38-28(30,31)32)23(15-35-16)26(37)36-14-17-4-6-18(7-5-17)20-10-12-33-24-9-8-19(29)13-22(20)24/h2-3,8-13,15,17-18,35H,4-7,14H2,1H3,(H,36,37). The van der Waals surface area contributed by atoms with Crippen LogP contribution >= 0.6 is 0 Å². The number of nitrogens with one attached hydrogen (secondary N) is 2. The van der Waals surface area contributed by atoms with Crippen LogP contribution in [0.4, 0.5) is 17.6 Å². The molecule has 5 rings (SSSR count). The van der Waals surface area contributed by atoms with Gasteiger partial charge in [-0.25, -0.2) is 9.37 Å². The molecule has 0 unspecified atom stereocenters. The Kier molecular flexibility index (Phi) is 7.05.